The first kappa shape index (κ1) is 15.2. The van der Waals surface area contributed by atoms with Crippen molar-refractivity contribution in [3.05, 3.63) is 29.8 Å². The molecule has 0 unspecified atom stereocenters. The van der Waals surface area contributed by atoms with Crippen molar-refractivity contribution in [1.82, 2.24) is 0 Å². The maximum atomic E-state index is 12.1. The number of para-hydroxylation sites is 1. The van der Waals surface area contributed by atoms with Crippen LogP contribution in [0.2, 0.25) is 0 Å². The first-order valence-corrected chi connectivity index (χ1v) is 6.75. The molecule has 1 amide bonds. The molecule has 0 aliphatic carbocycles. The van der Waals surface area contributed by atoms with Crippen LogP contribution in [0.25, 0.3) is 0 Å². The zero-order valence-corrected chi connectivity index (χ0v) is 11.6. The third kappa shape index (κ3) is 5.12. The second-order valence-electron chi connectivity index (χ2n) is 4.27. The van der Waals surface area contributed by atoms with Gasteiger partial charge in [0.2, 0.25) is 0 Å². The van der Waals surface area contributed by atoms with Crippen molar-refractivity contribution >= 4 is 17.6 Å². The molecule has 0 fully saturated rings. The number of anilines is 1. The highest BCUT2D eigenvalue weighted by molar-refractivity contribution is 6.03. The summed E-state index contributed by atoms with van der Waals surface area (Å²) < 4.78 is 4.82. The van der Waals surface area contributed by atoms with Gasteiger partial charge >= 0.3 is 6.09 Å². The number of ketones is 1. The van der Waals surface area contributed by atoms with Crippen LogP contribution < -0.4 is 5.32 Å². The van der Waals surface area contributed by atoms with Gasteiger partial charge in [-0.3, -0.25) is 10.1 Å². The van der Waals surface area contributed by atoms with Gasteiger partial charge in [0.05, 0.1) is 12.3 Å². The summed E-state index contributed by atoms with van der Waals surface area (Å²) in [6.45, 7) is 4.14. The van der Waals surface area contributed by atoms with Crippen LogP contribution in [-0.2, 0) is 4.74 Å². The number of hydrogen-bond acceptors (Lipinski definition) is 3. The van der Waals surface area contributed by atoms with Crippen LogP contribution in [0, 0.1) is 0 Å². The molecule has 1 N–H and O–H groups in total. The summed E-state index contributed by atoms with van der Waals surface area (Å²) in [6, 6.07) is 7.02. The van der Waals surface area contributed by atoms with E-state index < -0.39 is 6.09 Å². The van der Waals surface area contributed by atoms with Gasteiger partial charge in [-0.1, -0.05) is 31.9 Å². The third-order valence-corrected chi connectivity index (χ3v) is 2.75. The van der Waals surface area contributed by atoms with Crippen molar-refractivity contribution in [3.63, 3.8) is 0 Å². The molecule has 19 heavy (non-hydrogen) atoms. The average molecular weight is 263 g/mol. The fourth-order valence-corrected chi connectivity index (χ4v) is 1.78. The van der Waals surface area contributed by atoms with Gasteiger partial charge in [-0.05, 0) is 25.5 Å². The summed E-state index contributed by atoms with van der Waals surface area (Å²) in [5, 5.41) is 2.60. The third-order valence-electron chi connectivity index (χ3n) is 2.75. The van der Waals surface area contributed by atoms with Gasteiger partial charge in [-0.2, -0.15) is 0 Å². The van der Waals surface area contributed by atoms with Crippen molar-refractivity contribution in [2.75, 3.05) is 11.9 Å². The molecule has 1 aromatic rings. The second kappa shape index (κ2) is 8.29. The quantitative estimate of drug-likeness (QED) is 0.597. The summed E-state index contributed by atoms with van der Waals surface area (Å²) in [6.07, 6.45) is 2.98. The standard InChI is InChI=1S/C15H21NO3/c1-3-5-6-11-14(17)12-9-7-8-10-13(12)16-15(18)19-4-2/h7-10H,3-6,11H2,1-2H3,(H,16,18). The summed E-state index contributed by atoms with van der Waals surface area (Å²) in [4.78, 5) is 23.5. The van der Waals surface area contributed by atoms with Gasteiger partial charge in [0.25, 0.3) is 0 Å². The lowest BCUT2D eigenvalue weighted by atomic mass is 10.0. The lowest BCUT2D eigenvalue weighted by Gasteiger charge is -2.10. The minimum absolute atomic E-state index is 0.0563. The molecule has 0 atom stereocenters. The summed E-state index contributed by atoms with van der Waals surface area (Å²) in [5.74, 6) is 0.0563. The van der Waals surface area contributed by atoms with E-state index in [0.29, 0.717) is 24.3 Å². The van der Waals surface area contributed by atoms with Gasteiger partial charge < -0.3 is 4.74 Å². The predicted octanol–water partition coefficient (Wildman–Crippen LogP) is 4.02. The topological polar surface area (TPSA) is 55.4 Å². The number of unbranched alkanes of at least 4 members (excludes halogenated alkanes) is 2. The zero-order chi connectivity index (χ0) is 14.1. The molecule has 0 aromatic heterocycles. The number of nitrogens with one attached hydrogen (secondary N) is 1. The second-order valence-corrected chi connectivity index (χ2v) is 4.27. The van der Waals surface area contributed by atoms with Crippen LogP contribution in [0.5, 0.6) is 0 Å². The summed E-state index contributed by atoms with van der Waals surface area (Å²) >= 11 is 0. The molecule has 4 nitrogen and oxygen atoms in total. The van der Waals surface area contributed by atoms with E-state index in [0.717, 1.165) is 19.3 Å². The maximum absolute atomic E-state index is 12.1. The van der Waals surface area contributed by atoms with Crippen molar-refractivity contribution < 1.29 is 14.3 Å². The number of carbonyl (C=O) groups is 2. The minimum Gasteiger partial charge on any atom is -0.450 e. The van der Waals surface area contributed by atoms with E-state index >= 15 is 0 Å². The molecule has 0 heterocycles. The monoisotopic (exact) mass is 263 g/mol. The highest BCUT2D eigenvalue weighted by Gasteiger charge is 2.12. The summed E-state index contributed by atoms with van der Waals surface area (Å²) in [5.41, 5.74) is 1.06. The van der Waals surface area contributed by atoms with Crippen LogP contribution in [0.4, 0.5) is 10.5 Å². The maximum Gasteiger partial charge on any atom is 0.411 e. The van der Waals surface area contributed by atoms with Crippen molar-refractivity contribution in [3.8, 4) is 0 Å². The van der Waals surface area contributed by atoms with E-state index in [2.05, 4.69) is 12.2 Å². The Morgan fingerprint density at radius 3 is 2.58 bits per heavy atom. The Kier molecular flexibility index (Phi) is 6.64. The lowest BCUT2D eigenvalue weighted by Crippen LogP contribution is -2.15. The molecule has 0 spiro atoms. The van der Waals surface area contributed by atoms with Gasteiger partial charge in [0.15, 0.2) is 5.78 Å². The molecule has 1 aromatic carbocycles. The van der Waals surface area contributed by atoms with E-state index in [1.165, 1.54) is 0 Å². The molecular weight excluding hydrogens is 242 g/mol. The molecule has 0 aliphatic rings. The Balaban J connectivity index is 2.72. The van der Waals surface area contributed by atoms with E-state index in [9.17, 15) is 9.59 Å². The number of rotatable bonds is 7. The Hall–Kier alpha value is -1.84. The Morgan fingerprint density at radius 1 is 1.16 bits per heavy atom. The molecule has 0 radical (unpaired) electrons. The Bertz CT molecular complexity index is 429. The number of Topliss-reactive ketones (excluding diaryl/α,β-unsaturated/α-hetero) is 1. The highest BCUT2D eigenvalue weighted by Crippen LogP contribution is 2.18. The van der Waals surface area contributed by atoms with Crippen molar-refractivity contribution in [1.29, 1.82) is 0 Å². The van der Waals surface area contributed by atoms with Gasteiger partial charge in [-0.15, -0.1) is 0 Å². The minimum atomic E-state index is -0.531. The molecule has 4 heteroatoms. The van der Waals surface area contributed by atoms with Crippen LogP contribution in [0.3, 0.4) is 0 Å². The fraction of sp³-hybridized carbons (Fsp3) is 0.467. The number of hydrogen-bond donors (Lipinski definition) is 1. The van der Waals surface area contributed by atoms with Crippen LogP contribution in [-0.4, -0.2) is 18.5 Å². The average Bonchev–Trinajstić information content (AvgIpc) is 2.39. The smallest absolute Gasteiger partial charge is 0.411 e. The molecule has 0 bridgehead atoms. The number of amides is 1. The van der Waals surface area contributed by atoms with Crippen LogP contribution in [0.15, 0.2) is 24.3 Å². The molecule has 104 valence electrons. The van der Waals surface area contributed by atoms with E-state index in [1.807, 2.05) is 0 Å². The SMILES string of the molecule is CCCCCC(=O)c1ccccc1NC(=O)OCC. The summed E-state index contributed by atoms with van der Waals surface area (Å²) in [7, 11) is 0. The normalized spacial score (nSPS) is 10.0. The molecule has 0 saturated carbocycles. The zero-order valence-electron chi connectivity index (χ0n) is 11.6. The number of carbonyl (C=O) groups excluding carboxylic acids is 2. The van der Waals surface area contributed by atoms with Gasteiger partial charge in [0, 0.05) is 12.0 Å². The largest absolute Gasteiger partial charge is 0.450 e. The first-order valence-electron chi connectivity index (χ1n) is 6.75. The lowest BCUT2D eigenvalue weighted by molar-refractivity contribution is 0.0980. The Labute approximate surface area is 114 Å². The molecular formula is C15H21NO3. The predicted molar refractivity (Wildman–Crippen MR) is 75.6 cm³/mol. The van der Waals surface area contributed by atoms with Crippen LogP contribution >= 0.6 is 0 Å². The number of benzene rings is 1. The highest BCUT2D eigenvalue weighted by atomic mass is 16.5. The fourth-order valence-electron chi connectivity index (χ4n) is 1.78. The van der Waals surface area contributed by atoms with E-state index in [-0.39, 0.29) is 5.78 Å². The molecule has 0 aliphatic heterocycles. The van der Waals surface area contributed by atoms with Gasteiger partial charge in [-0.25, -0.2) is 4.79 Å². The molecule has 1 rings (SSSR count). The number of ether oxygens (including phenoxy) is 1. The Morgan fingerprint density at radius 2 is 1.89 bits per heavy atom. The van der Waals surface area contributed by atoms with E-state index in [4.69, 9.17) is 4.74 Å². The molecule has 0 saturated heterocycles. The van der Waals surface area contributed by atoms with Crippen LogP contribution in [0.1, 0.15) is 49.9 Å². The van der Waals surface area contributed by atoms with Crippen molar-refractivity contribution in [2.24, 2.45) is 0 Å². The van der Waals surface area contributed by atoms with Gasteiger partial charge in [0.1, 0.15) is 0 Å². The first-order chi connectivity index (χ1) is 9.19. The van der Waals surface area contributed by atoms with E-state index in [1.54, 1.807) is 31.2 Å². The van der Waals surface area contributed by atoms with Crippen molar-refractivity contribution in [2.45, 2.75) is 39.5 Å².